The molecule has 0 fully saturated rings. The largest absolute Gasteiger partial charge is 0.480 e. The number of carboxylic acids is 1. The van der Waals surface area contributed by atoms with Crippen molar-refractivity contribution in [3.63, 3.8) is 0 Å². The van der Waals surface area contributed by atoms with Gasteiger partial charge in [0.15, 0.2) is 6.04 Å². The van der Waals surface area contributed by atoms with Crippen LogP contribution in [-0.2, 0) is 38.4 Å². The molecule has 9 atom stereocenters. The first-order valence-electron chi connectivity index (χ1n) is 18.7. The highest BCUT2D eigenvalue weighted by Gasteiger charge is 2.35. The van der Waals surface area contributed by atoms with Crippen LogP contribution in [0, 0.1) is 0 Å². The molecule has 0 heterocycles. The normalized spacial score (nSPS) is 16.0. The Balaban J connectivity index is 6.47. The van der Waals surface area contributed by atoms with Gasteiger partial charge in [0.1, 0.15) is 36.3 Å². The quantitative estimate of drug-likeness (QED) is 0.0159. The summed E-state index contributed by atoms with van der Waals surface area (Å²) in [6.45, 7) is 6.01. The lowest BCUT2D eigenvalue weighted by molar-refractivity contribution is -0.870. The van der Waals surface area contributed by atoms with Crippen molar-refractivity contribution in [3.8, 4) is 0 Å². The molecule has 0 aliphatic heterocycles. The maximum absolute atomic E-state index is 13.9. The number of hydrogen-bond acceptors (Lipinski definition) is 10. The number of nitrogens with one attached hydrogen (secondary N) is 7. The Hall–Kier alpha value is -5.13. The molecule has 0 radical (unpaired) electrons. The van der Waals surface area contributed by atoms with Crippen LogP contribution in [0.15, 0.2) is 0 Å². The number of aliphatic carboxylic acids is 1. The van der Waals surface area contributed by atoms with Gasteiger partial charge in [0.25, 0.3) is 5.91 Å². The molecule has 0 aromatic heterocycles. The number of aliphatic hydroxyl groups is 2. The number of nitrogens with zero attached hydrogens (tertiary/aromatic N) is 1. The second-order valence-corrected chi connectivity index (χ2v) is 15.1. The van der Waals surface area contributed by atoms with Crippen molar-refractivity contribution in [2.45, 2.75) is 127 Å². The topological polar surface area (TPSA) is 389 Å². The fourth-order valence-electron chi connectivity index (χ4n) is 5.10. The van der Waals surface area contributed by atoms with Crippen LogP contribution >= 0.6 is 0 Å². The molecule has 23 nitrogen and oxygen atoms in total. The number of carbonyl (C=O) groups is 8. The number of quaternary nitrogens is 2. The van der Waals surface area contributed by atoms with Crippen molar-refractivity contribution >= 4 is 53.3 Å². The Labute approximate surface area is 332 Å². The number of primary amides is 1. The molecule has 0 saturated carbocycles. The van der Waals surface area contributed by atoms with E-state index in [1.54, 1.807) is 0 Å². The molecular formula is C34H67N12O11+3. The number of rotatable bonds is 27. The molecule has 326 valence electrons. The molecular weight excluding hydrogens is 752 g/mol. The zero-order chi connectivity index (χ0) is 44.2. The fraction of sp³-hybridized carbons (Fsp3) is 0.735. The Morgan fingerprint density at radius 1 is 0.614 bits per heavy atom. The molecule has 0 aliphatic rings. The van der Waals surface area contributed by atoms with E-state index in [1.165, 1.54) is 20.8 Å². The molecule has 0 aromatic carbocycles. The lowest BCUT2D eigenvalue weighted by Crippen LogP contribution is -2.78. The summed E-state index contributed by atoms with van der Waals surface area (Å²) >= 11 is 0. The molecule has 0 rings (SSSR count). The van der Waals surface area contributed by atoms with Gasteiger partial charge in [-0.25, -0.2) is 0 Å². The van der Waals surface area contributed by atoms with E-state index in [0.29, 0.717) is 30.3 Å². The highest BCUT2D eigenvalue weighted by atomic mass is 16.4. The van der Waals surface area contributed by atoms with Gasteiger partial charge in [0.2, 0.25) is 35.4 Å². The number of aliphatic hydroxyl groups excluding tert-OH is 2. The molecule has 0 aromatic rings. The van der Waals surface area contributed by atoms with Crippen LogP contribution in [0.2, 0.25) is 0 Å². The third kappa shape index (κ3) is 21.7. The second-order valence-electron chi connectivity index (χ2n) is 15.1. The minimum absolute atomic E-state index is 0.0162. The van der Waals surface area contributed by atoms with Gasteiger partial charge in [-0.15, -0.1) is 0 Å². The van der Waals surface area contributed by atoms with Gasteiger partial charge in [0, 0.05) is 6.42 Å². The molecule has 0 spiro atoms. The Bertz CT molecular complexity index is 1410. The van der Waals surface area contributed by atoms with Crippen molar-refractivity contribution in [1.82, 2.24) is 31.9 Å². The van der Waals surface area contributed by atoms with Crippen LogP contribution in [0.3, 0.4) is 0 Å². The Morgan fingerprint density at radius 2 is 1.04 bits per heavy atom. The number of unbranched alkanes of at least 4 members (excludes halogenated alkanes) is 1. The first-order chi connectivity index (χ1) is 26.3. The molecule has 0 unspecified atom stereocenters. The molecule has 0 aliphatic carbocycles. The van der Waals surface area contributed by atoms with Crippen molar-refractivity contribution in [2.24, 2.45) is 17.2 Å². The van der Waals surface area contributed by atoms with E-state index in [0.717, 1.165) is 6.92 Å². The first-order valence-corrected chi connectivity index (χ1v) is 18.7. The maximum atomic E-state index is 13.9. The minimum Gasteiger partial charge on any atom is -0.480 e. The summed E-state index contributed by atoms with van der Waals surface area (Å²) in [4.78, 5) is 105. The minimum atomic E-state index is -1.67. The zero-order valence-corrected chi connectivity index (χ0v) is 34.1. The van der Waals surface area contributed by atoms with Gasteiger partial charge < -0.3 is 63.2 Å². The van der Waals surface area contributed by atoms with Crippen molar-refractivity contribution in [1.29, 1.82) is 0 Å². The Kier molecular flexibility index (Phi) is 22.9. The van der Waals surface area contributed by atoms with Crippen molar-refractivity contribution in [2.75, 3.05) is 34.2 Å². The second kappa shape index (κ2) is 25.2. The van der Waals surface area contributed by atoms with Crippen LogP contribution in [0.25, 0.3) is 0 Å². The standard InChI is InChI=1S/C34H64N12O11/c1-17(35)27(50)41-22(12-10-15-39-34(37)38)29(52)45-26(20(4)48)32(55)43-21(11-8-9-16-46(5,6)7)28(51)42-23(13-14-24(36)49)30(53)44-25(19(3)47)31(54)40-18(2)33(56)57/h17-23,25-26,47-48H,8-16,35H2,1-7H3,(H12-,36,37,38,39,40,41,42,43,44,45,49,50,51,52,53,54,55,56,57)/p+3/t17-,18-,19+,20+,21-,22-,23-,25-,26-/m0/s1. The molecule has 23 heteroatoms. The van der Waals surface area contributed by atoms with E-state index in [4.69, 9.17) is 22.3 Å². The molecule has 19 N–H and O–H groups in total. The summed E-state index contributed by atoms with van der Waals surface area (Å²) in [5.74, 6) is -7.61. The Morgan fingerprint density at radius 3 is 1.46 bits per heavy atom. The lowest BCUT2D eigenvalue weighted by Gasteiger charge is -2.29. The maximum Gasteiger partial charge on any atom is 0.338 e. The van der Waals surface area contributed by atoms with Gasteiger partial charge in [-0.3, -0.25) is 54.8 Å². The van der Waals surface area contributed by atoms with Gasteiger partial charge >= 0.3 is 11.9 Å². The number of guanidine groups is 1. The predicted molar refractivity (Wildman–Crippen MR) is 204 cm³/mol. The molecule has 57 heavy (non-hydrogen) atoms. The molecule has 7 amide bonds. The van der Waals surface area contributed by atoms with E-state index in [-0.39, 0.29) is 31.8 Å². The van der Waals surface area contributed by atoms with Crippen LogP contribution in [0.5, 0.6) is 0 Å². The third-order valence-corrected chi connectivity index (χ3v) is 8.45. The van der Waals surface area contributed by atoms with Gasteiger partial charge in [0.05, 0.1) is 46.4 Å². The summed E-state index contributed by atoms with van der Waals surface area (Å²) in [7, 11) is 5.88. The number of hydrogen-bond donors (Lipinski definition) is 14. The highest BCUT2D eigenvalue weighted by Crippen LogP contribution is 2.09. The van der Waals surface area contributed by atoms with Crippen LogP contribution in [0.1, 0.15) is 72.6 Å². The average molecular weight is 820 g/mol. The third-order valence-electron chi connectivity index (χ3n) is 8.45. The molecule has 0 saturated heterocycles. The van der Waals surface area contributed by atoms with E-state index in [9.17, 15) is 48.6 Å². The number of carboxylic acid groups (broad SMARTS) is 1. The van der Waals surface area contributed by atoms with Crippen LogP contribution in [-0.4, -0.2) is 162 Å². The van der Waals surface area contributed by atoms with Gasteiger partial charge in [-0.1, -0.05) is 0 Å². The highest BCUT2D eigenvalue weighted by molar-refractivity contribution is 5.97. The first kappa shape index (κ1) is 51.9. The monoisotopic (exact) mass is 820 g/mol. The predicted octanol–water partition coefficient (Wildman–Crippen LogP) is -8.33. The van der Waals surface area contributed by atoms with Crippen LogP contribution in [0.4, 0.5) is 0 Å². The van der Waals surface area contributed by atoms with Crippen molar-refractivity contribution in [3.05, 3.63) is 0 Å². The van der Waals surface area contributed by atoms with E-state index < -0.39 is 108 Å². The van der Waals surface area contributed by atoms with E-state index >= 15 is 0 Å². The number of amides is 7. The summed E-state index contributed by atoms with van der Waals surface area (Å²) in [5.41, 5.74) is 19.8. The van der Waals surface area contributed by atoms with Crippen LogP contribution < -0.4 is 59.8 Å². The summed E-state index contributed by atoms with van der Waals surface area (Å²) in [6.07, 6.45) is -2.44. The lowest BCUT2D eigenvalue weighted by atomic mass is 10.0. The number of nitrogens with two attached hydrogens (primary N) is 3. The SMILES string of the molecule is C[C@H]([NH3+])C(=O)N[C@@H](CCC[NH+]=C(N)N)C(=O)N[C@H](C(=O)N[C@@H](CCCC[N+](C)(C)C)C(=O)N[C@@H](CCC(N)=O)C(=O)N[C@H](C(=O)N[C@@H](C)C(=O)O)[C@@H](C)O)[C@@H](C)O. The summed E-state index contributed by atoms with van der Waals surface area (Å²) in [6, 6.07) is -9.50. The van der Waals surface area contributed by atoms with Gasteiger partial charge in [-0.05, 0) is 66.2 Å². The smallest absolute Gasteiger partial charge is 0.338 e. The average Bonchev–Trinajstić information content (AvgIpc) is 3.08. The van der Waals surface area contributed by atoms with Gasteiger partial charge in [-0.2, -0.15) is 0 Å². The van der Waals surface area contributed by atoms with E-state index in [2.05, 4.69) is 42.6 Å². The molecule has 0 bridgehead atoms. The number of carbonyl (C=O) groups excluding carboxylic acids is 7. The summed E-state index contributed by atoms with van der Waals surface area (Å²) in [5, 5.41) is 44.4. The zero-order valence-electron chi connectivity index (χ0n) is 34.1. The van der Waals surface area contributed by atoms with Crippen molar-refractivity contribution < 1.29 is 68.9 Å². The summed E-state index contributed by atoms with van der Waals surface area (Å²) < 4.78 is 0.594. The fourth-order valence-corrected chi connectivity index (χ4v) is 5.10. The van der Waals surface area contributed by atoms with E-state index in [1.807, 2.05) is 21.1 Å².